The average Bonchev–Trinajstić information content (AvgIpc) is 2.05. The zero-order valence-corrected chi connectivity index (χ0v) is 6.67. The maximum Gasteiger partial charge on any atom is 0.0681 e. The van der Waals surface area contributed by atoms with Crippen LogP contribution in [0.4, 0.5) is 5.69 Å². The Morgan fingerprint density at radius 2 is 2.18 bits per heavy atom. The fraction of sp³-hybridized carbons (Fsp3) is 0.333. The lowest BCUT2D eigenvalue weighted by molar-refractivity contribution is 0.282. The van der Waals surface area contributed by atoms with Crippen molar-refractivity contribution in [1.29, 1.82) is 0 Å². The standard InChI is InChI=1S/C9H13NO/c1-2-8-5-7(6-11)3-4-9(8)10/h3-5,11H,2,6,10H2,1H3. The molecule has 0 heterocycles. The topological polar surface area (TPSA) is 46.2 Å². The summed E-state index contributed by atoms with van der Waals surface area (Å²) in [4.78, 5) is 0. The van der Waals surface area contributed by atoms with Crippen molar-refractivity contribution < 1.29 is 5.11 Å². The minimum Gasteiger partial charge on any atom is -0.399 e. The highest BCUT2D eigenvalue weighted by Crippen LogP contribution is 2.14. The average molecular weight is 151 g/mol. The van der Waals surface area contributed by atoms with Gasteiger partial charge < -0.3 is 10.8 Å². The van der Waals surface area contributed by atoms with E-state index in [1.54, 1.807) is 0 Å². The molecule has 0 amide bonds. The van der Waals surface area contributed by atoms with Gasteiger partial charge in [0, 0.05) is 5.69 Å². The van der Waals surface area contributed by atoms with Crippen molar-refractivity contribution in [3.8, 4) is 0 Å². The van der Waals surface area contributed by atoms with Crippen molar-refractivity contribution in [3.05, 3.63) is 29.3 Å². The predicted octanol–water partition coefficient (Wildman–Crippen LogP) is 1.32. The summed E-state index contributed by atoms with van der Waals surface area (Å²) in [6, 6.07) is 5.62. The molecule has 0 saturated heterocycles. The lowest BCUT2D eigenvalue weighted by atomic mass is 10.1. The smallest absolute Gasteiger partial charge is 0.0681 e. The summed E-state index contributed by atoms with van der Waals surface area (Å²) < 4.78 is 0. The van der Waals surface area contributed by atoms with Gasteiger partial charge in [0.05, 0.1) is 6.61 Å². The van der Waals surface area contributed by atoms with Crippen LogP contribution in [0.1, 0.15) is 18.1 Å². The maximum absolute atomic E-state index is 8.81. The molecule has 0 spiro atoms. The summed E-state index contributed by atoms with van der Waals surface area (Å²) >= 11 is 0. The van der Waals surface area contributed by atoms with E-state index in [1.807, 2.05) is 25.1 Å². The molecule has 11 heavy (non-hydrogen) atoms. The Labute approximate surface area is 66.7 Å². The second-order valence-electron chi connectivity index (χ2n) is 2.54. The molecule has 0 unspecified atom stereocenters. The van der Waals surface area contributed by atoms with Gasteiger partial charge in [-0.3, -0.25) is 0 Å². The van der Waals surface area contributed by atoms with Crippen LogP contribution in [0.2, 0.25) is 0 Å². The third kappa shape index (κ3) is 1.71. The molecule has 0 atom stereocenters. The first kappa shape index (κ1) is 8.08. The summed E-state index contributed by atoms with van der Waals surface area (Å²) in [6.07, 6.45) is 0.916. The van der Waals surface area contributed by atoms with Gasteiger partial charge in [-0.1, -0.05) is 19.1 Å². The summed E-state index contributed by atoms with van der Waals surface area (Å²) in [5.41, 5.74) is 8.52. The Bertz CT molecular complexity index is 245. The molecule has 0 aliphatic carbocycles. The molecule has 1 rings (SSSR count). The number of hydrogen-bond acceptors (Lipinski definition) is 2. The van der Waals surface area contributed by atoms with Gasteiger partial charge in [0.1, 0.15) is 0 Å². The van der Waals surface area contributed by atoms with Crippen LogP contribution >= 0.6 is 0 Å². The largest absolute Gasteiger partial charge is 0.399 e. The van der Waals surface area contributed by atoms with Gasteiger partial charge in [-0.25, -0.2) is 0 Å². The first-order valence-corrected chi connectivity index (χ1v) is 3.76. The van der Waals surface area contributed by atoms with E-state index in [9.17, 15) is 0 Å². The number of aryl methyl sites for hydroxylation is 1. The van der Waals surface area contributed by atoms with Crippen molar-refractivity contribution in [3.63, 3.8) is 0 Å². The Balaban J connectivity index is 3.02. The highest BCUT2D eigenvalue weighted by molar-refractivity contribution is 5.48. The van der Waals surface area contributed by atoms with Crippen LogP contribution in [0, 0.1) is 0 Å². The first-order chi connectivity index (χ1) is 5.27. The van der Waals surface area contributed by atoms with Gasteiger partial charge in [0.2, 0.25) is 0 Å². The zero-order valence-electron chi connectivity index (χ0n) is 6.67. The summed E-state index contributed by atoms with van der Waals surface area (Å²) in [5.74, 6) is 0. The van der Waals surface area contributed by atoms with Crippen LogP contribution in [0.3, 0.4) is 0 Å². The van der Waals surface area contributed by atoms with Crippen molar-refractivity contribution in [2.45, 2.75) is 20.0 Å². The number of rotatable bonds is 2. The van der Waals surface area contributed by atoms with E-state index in [0.717, 1.165) is 23.2 Å². The van der Waals surface area contributed by atoms with E-state index >= 15 is 0 Å². The van der Waals surface area contributed by atoms with Crippen LogP contribution in [-0.2, 0) is 13.0 Å². The highest BCUT2D eigenvalue weighted by Gasteiger charge is 1.96. The molecular weight excluding hydrogens is 138 g/mol. The predicted molar refractivity (Wildman–Crippen MR) is 46.2 cm³/mol. The molecule has 0 radical (unpaired) electrons. The van der Waals surface area contributed by atoms with Gasteiger partial charge >= 0.3 is 0 Å². The van der Waals surface area contributed by atoms with E-state index < -0.39 is 0 Å². The van der Waals surface area contributed by atoms with Crippen LogP contribution < -0.4 is 5.73 Å². The molecule has 2 nitrogen and oxygen atoms in total. The Hall–Kier alpha value is -1.02. The molecule has 0 bridgehead atoms. The lowest BCUT2D eigenvalue weighted by Gasteiger charge is -2.03. The molecule has 0 aliphatic heterocycles. The summed E-state index contributed by atoms with van der Waals surface area (Å²) in [7, 11) is 0. The number of hydrogen-bond donors (Lipinski definition) is 2. The SMILES string of the molecule is CCc1cc(CO)ccc1N. The first-order valence-electron chi connectivity index (χ1n) is 3.76. The molecule has 0 saturated carbocycles. The van der Waals surface area contributed by atoms with Gasteiger partial charge in [-0.15, -0.1) is 0 Å². The number of benzene rings is 1. The fourth-order valence-corrected chi connectivity index (χ4v) is 1.06. The summed E-state index contributed by atoms with van der Waals surface area (Å²) in [6.45, 7) is 2.14. The maximum atomic E-state index is 8.81. The number of aliphatic hydroxyl groups excluding tert-OH is 1. The second-order valence-corrected chi connectivity index (χ2v) is 2.54. The minimum atomic E-state index is 0.0906. The molecule has 0 fully saturated rings. The number of nitrogen functional groups attached to an aromatic ring is 1. The number of aliphatic hydroxyl groups is 1. The molecule has 3 N–H and O–H groups in total. The zero-order chi connectivity index (χ0) is 8.27. The molecular formula is C9H13NO. The summed E-state index contributed by atoms with van der Waals surface area (Å²) in [5, 5.41) is 8.81. The molecule has 0 aromatic heterocycles. The Kier molecular flexibility index (Phi) is 2.49. The van der Waals surface area contributed by atoms with Gasteiger partial charge in [-0.05, 0) is 23.6 Å². The molecule has 1 aromatic rings. The van der Waals surface area contributed by atoms with Gasteiger partial charge in [0.25, 0.3) is 0 Å². The highest BCUT2D eigenvalue weighted by atomic mass is 16.3. The third-order valence-electron chi connectivity index (χ3n) is 1.77. The van der Waals surface area contributed by atoms with E-state index in [4.69, 9.17) is 10.8 Å². The van der Waals surface area contributed by atoms with Crippen molar-refractivity contribution in [1.82, 2.24) is 0 Å². The molecule has 2 heteroatoms. The van der Waals surface area contributed by atoms with Crippen LogP contribution in [0.5, 0.6) is 0 Å². The van der Waals surface area contributed by atoms with Crippen molar-refractivity contribution in [2.24, 2.45) is 0 Å². The number of nitrogens with two attached hydrogens (primary N) is 1. The fourth-order valence-electron chi connectivity index (χ4n) is 1.06. The minimum absolute atomic E-state index is 0.0906. The van der Waals surface area contributed by atoms with E-state index in [0.29, 0.717) is 0 Å². The van der Waals surface area contributed by atoms with Gasteiger partial charge in [0.15, 0.2) is 0 Å². The van der Waals surface area contributed by atoms with Gasteiger partial charge in [-0.2, -0.15) is 0 Å². The monoisotopic (exact) mass is 151 g/mol. The third-order valence-corrected chi connectivity index (χ3v) is 1.77. The molecule has 60 valence electrons. The quantitative estimate of drug-likeness (QED) is 0.626. The van der Waals surface area contributed by atoms with Crippen molar-refractivity contribution in [2.75, 3.05) is 5.73 Å². The van der Waals surface area contributed by atoms with Crippen molar-refractivity contribution >= 4 is 5.69 Å². The Morgan fingerprint density at radius 3 is 2.73 bits per heavy atom. The van der Waals surface area contributed by atoms with Crippen LogP contribution in [0.25, 0.3) is 0 Å². The second kappa shape index (κ2) is 3.39. The van der Waals surface area contributed by atoms with E-state index in [-0.39, 0.29) is 6.61 Å². The van der Waals surface area contributed by atoms with E-state index in [1.165, 1.54) is 0 Å². The Morgan fingerprint density at radius 1 is 1.45 bits per heavy atom. The normalized spacial score (nSPS) is 10.0. The van der Waals surface area contributed by atoms with Crippen LogP contribution in [0.15, 0.2) is 18.2 Å². The van der Waals surface area contributed by atoms with Crippen LogP contribution in [-0.4, -0.2) is 5.11 Å². The lowest BCUT2D eigenvalue weighted by Crippen LogP contribution is -1.94. The molecule has 0 aliphatic rings. The molecule has 1 aromatic carbocycles. The van der Waals surface area contributed by atoms with E-state index in [2.05, 4.69) is 0 Å². The number of anilines is 1.